The number of carboxylic acids is 1. The molecule has 0 saturated heterocycles. The average Bonchev–Trinajstić information content (AvgIpc) is 2.52. The zero-order valence-electron chi connectivity index (χ0n) is 12.0. The van der Waals surface area contributed by atoms with Gasteiger partial charge in [-0.15, -0.1) is 0 Å². The number of carbonyl (C=O) groups excluding carboxylic acids is 1. The number of allylic oxidation sites excluding steroid dienone is 2. The Morgan fingerprint density at radius 1 is 1.24 bits per heavy atom. The van der Waals surface area contributed by atoms with Crippen molar-refractivity contribution in [2.24, 2.45) is 5.92 Å². The molecule has 0 fully saturated rings. The molecule has 0 spiro atoms. The van der Waals surface area contributed by atoms with Crippen molar-refractivity contribution in [2.45, 2.75) is 38.1 Å². The van der Waals surface area contributed by atoms with Crippen molar-refractivity contribution in [2.75, 3.05) is 0 Å². The molecular formula is C17H21NO3. The third kappa shape index (κ3) is 4.74. The van der Waals surface area contributed by atoms with Gasteiger partial charge in [0.1, 0.15) is 6.04 Å². The first-order chi connectivity index (χ1) is 10.2. The molecule has 1 aliphatic rings. The van der Waals surface area contributed by atoms with Crippen LogP contribution in [-0.4, -0.2) is 23.0 Å². The predicted molar refractivity (Wildman–Crippen MR) is 80.8 cm³/mol. The highest BCUT2D eigenvalue weighted by Crippen LogP contribution is 2.18. The average molecular weight is 287 g/mol. The topological polar surface area (TPSA) is 66.4 Å². The number of amides is 1. The zero-order valence-corrected chi connectivity index (χ0v) is 12.0. The molecule has 2 N–H and O–H groups in total. The summed E-state index contributed by atoms with van der Waals surface area (Å²) in [6.07, 6.45) is 7.50. The van der Waals surface area contributed by atoms with Crippen LogP contribution in [0.2, 0.25) is 0 Å². The van der Waals surface area contributed by atoms with Crippen LogP contribution in [0, 0.1) is 5.92 Å². The third-order valence-electron chi connectivity index (χ3n) is 3.82. The van der Waals surface area contributed by atoms with Crippen LogP contribution in [-0.2, 0) is 16.0 Å². The molecule has 0 aromatic heterocycles. The summed E-state index contributed by atoms with van der Waals surface area (Å²) in [5.41, 5.74) is 1.08. The lowest BCUT2D eigenvalue weighted by atomic mass is 9.93. The van der Waals surface area contributed by atoms with Crippen molar-refractivity contribution >= 4 is 11.9 Å². The van der Waals surface area contributed by atoms with Gasteiger partial charge < -0.3 is 10.4 Å². The van der Waals surface area contributed by atoms with E-state index in [0.29, 0.717) is 19.3 Å². The standard InChI is InChI=1S/C17H21NO3/c19-16(14-9-5-2-6-10-14)18-15(17(20)21)12-11-13-7-3-1-4-8-13/h1-5,7-8,14-15H,6,9-12H2,(H,18,19)(H,20,21)/t14?,15-/m0/s1. The molecule has 0 heterocycles. The Bertz CT molecular complexity index is 510. The summed E-state index contributed by atoms with van der Waals surface area (Å²) in [4.78, 5) is 23.4. The van der Waals surface area contributed by atoms with E-state index in [1.807, 2.05) is 36.4 Å². The SMILES string of the molecule is O=C(N[C@@H](CCc1ccccc1)C(=O)O)C1CC=CCC1. The Kier molecular flexibility index (Phi) is 5.55. The van der Waals surface area contributed by atoms with Gasteiger partial charge in [0.2, 0.25) is 5.91 Å². The van der Waals surface area contributed by atoms with Gasteiger partial charge in [-0.1, -0.05) is 42.5 Å². The normalized spacial score (nSPS) is 19.0. The molecule has 4 nitrogen and oxygen atoms in total. The quantitative estimate of drug-likeness (QED) is 0.790. The number of rotatable bonds is 6. The van der Waals surface area contributed by atoms with E-state index in [9.17, 15) is 14.7 Å². The highest BCUT2D eigenvalue weighted by Gasteiger charge is 2.25. The van der Waals surface area contributed by atoms with Crippen molar-refractivity contribution in [3.05, 3.63) is 48.0 Å². The predicted octanol–water partition coefficient (Wildman–Crippen LogP) is 2.54. The van der Waals surface area contributed by atoms with Crippen LogP contribution in [0.4, 0.5) is 0 Å². The minimum absolute atomic E-state index is 0.0893. The van der Waals surface area contributed by atoms with E-state index in [2.05, 4.69) is 11.4 Å². The Morgan fingerprint density at radius 3 is 2.62 bits per heavy atom. The molecule has 1 aliphatic carbocycles. The lowest BCUT2D eigenvalue weighted by molar-refractivity contribution is -0.142. The molecular weight excluding hydrogens is 266 g/mol. The number of carboxylic acid groups (broad SMARTS) is 1. The number of hydrogen-bond acceptors (Lipinski definition) is 2. The van der Waals surface area contributed by atoms with Gasteiger partial charge in [0.05, 0.1) is 0 Å². The highest BCUT2D eigenvalue weighted by molar-refractivity contribution is 5.85. The molecule has 1 amide bonds. The Morgan fingerprint density at radius 2 is 2.00 bits per heavy atom. The monoisotopic (exact) mass is 287 g/mol. The van der Waals surface area contributed by atoms with Crippen molar-refractivity contribution < 1.29 is 14.7 Å². The molecule has 2 rings (SSSR count). The van der Waals surface area contributed by atoms with Gasteiger partial charge in [-0.3, -0.25) is 4.79 Å². The molecule has 112 valence electrons. The molecule has 0 saturated carbocycles. The molecule has 1 aromatic rings. The van der Waals surface area contributed by atoms with E-state index >= 15 is 0 Å². The van der Waals surface area contributed by atoms with E-state index in [1.165, 1.54) is 0 Å². The Labute approximate surface area is 124 Å². The van der Waals surface area contributed by atoms with Crippen molar-refractivity contribution in [1.82, 2.24) is 5.32 Å². The van der Waals surface area contributed by atoms with E-state index < -0.39 is 12.0 Å². The van der Waals surface area contributed by atoms with Crippen LogP contribution in [0.3, 0.4) is 0 Å². The molecule has 0 radical (unpaired) electrons. The van der Waals surface area contributed by atoms with Crippen molar-refractivity contribution in [1.29, 1.82) is 0 Å². The maximum absolute atomic E-state index is 12.1. The highest BCUT2D eigenvalue weighted by atomic mass is 16.4. The fourth-order valence-corrected chi connectivity index (χ4v) is 2.53. The minimum Gasteiger partial charge on any atom is -0.480 e. The van der Waals surface area contributed by atoms with E-state index in [4.69, 9.17) is 0 Å². The first-order valence-corrected chi connectivity index (χ1v) is 7.39. The fourth-order valence-electron chi connectivity index (χ4n) is 2.53. The summed E-state index contributed by atoms with van der Waals surface area (Å²) < 4.78 is 0. The molecule has 4 heteroatoms. The van der Waals surface area contributed by atoms with Crippen LogP contribution >= 0.6 is 0 Å². The second kappa shape index (κ2) is 7.62. The van der Waals surface area contributed by atoms with E-state index in [0.717, 1.165) is 18.4 Å². The van der Waals surface area contributed by atoms with Gasteiger partial charge in [0, 0.05) is 5.92 Å². The van der Waals surface area contributed by atoms with Gasteiger partial charge in [-0.2, -0.15) is 0 Å². The van der Waals surface area contributed by atoms with Gasteiger partial charge in [-0.25, -0.2) is 4.79 Å². The number of aliphatic carboxylic acids is 1. The van der Waals surface area contributed by atoms with Crippen LogP contribution in [0.25, 0.3) is 0 Å². The number of benzene rings is 1. The lowest BCUT2D eigenvalue weighted by Crippen LogP contribution is -2.44. The summed E-state index contributed by atoms with van der Waals surface area (Å²) in [6, 6.07) is 8.90. The lowest BCUT2D eigenvalue weighted by Gasteiger charge is -2.21. The molecule has 1 unspecified atom stereocenters. The first kappa shape index (κ1) is 15.3. The van der Waals surface area contributed by atoms with Crippen molar-refractivity contribution in [3.63, 3.8) is 0 Å². The van der Waals surface area contributed by atoms with Crippen LogP contribution in [0.5, 0.6) is 0 Å². The van der Waals surface area contributed by atoms with Crippen LogP contribution in [0.1, 0.15) is 31.2 Å². The zero-order chi connectivity index (χ0) is 15.1. The summed E-state index contributed by atoms with van der Waals surface area (Å²) in [5, 5.41) is 12.0. The number of carbonyl (C=O) groups is 2. The number of hydrogen-bond donors (Lipinski definition) is 2. The van der Waals surface area contributed by atoms with E-state index in [1.54, 1.807) is 0 Å². The third-order valence-corrected chi connectivity index (χ3v) is 3.82. The second-order valence-electron chi connectivity index (χ2n) is 5.41. The van der Waals surface area contributed by atoms with Gasteiger partial charge in [0.15, 0.2) is 0 Å². The second-order valence-corrected chi connectivity index (χ2v) is 5.41. The Hall–Kier alpha value is -2.10. The summed E-state index contributed by atoms with van der Waals surface area (Å²) in [6.45, 7) is 0. The maximum atomic E-state index is 12.1. The molecule has 2 atom stereocenters. The van der Waals surface area contributed by atoms with Crippen LogP contribution < -0.4 is 5.32 Å². The van der Waals surface area contributed by atoms with Gasteiger partial charge in [0.25, 0.3) is 0 Å². The molecule has 21 heavy (non-hydrogen) atoms. The minimum atomic E-state index is -0.967. The number of nitrogens with one attached hydrogen (secondary N) is 1. The van der Waals surface area contributed by atoms with Gasteiger partial charge >= 0.3 is 5.97 Å². The summed E-state index contributed by atoms with van der Waals surface area (Å²) >= 11 is 0. The maximum Gasteiger partial charge on any atom is 0.326 e. The summed E-state index contributed by atoms with van der Waals surface area (Å²) in [7, 11) is 0. The molecule has 1 aromatic carbocycles. The van der Waals surface area contributed by atoms with Crippen LogP contribution in [0.15, 0.2) is 42.5 Å². The first-order valence-electron chi connectivity index (χ1n) is 7.39. The van der Waals surface area contributed by atoms with Crippen molar-refractivity contribution in [3.8, 4) is 0 Å². The Balaban J connectivity index is 1.88. The summed E-state index contributed by atoms with van der Waals surface area (Å²) in [5.74, 6) is -1.20. The molecule has 0 bridgehead atoms. The smallest absolute Gasteiger partial charge is 0.326 e. The number of aryl methyl sites for hydroxylation is 1. The largest absolute Gasteiger partial charge is 0.480 e. The van der Waals surface area contributed by atoms with Gasteiger partial charge in [-0.05, 0) is 37.7 Å². The fraction of sp³-hybridized carbons (Fsp3) is 0.412. The molecule has 0 aliphatic heterocycles. The van der Waals surface area contributed by atoms with E-state index in [-0.39, 0.29) is 11.8 Å².